The number of aromatic nitrogens is 2. The fourth-order valence-electron chi connectivity index (χ4n) is 2.79. The van der Waals surface area contributed by atoms with Gasteiger partial charge in [-0.2, -0.15) is 4.98 Å². The highest BCUT2D eigenvalue weighted by molar-refractivity contribution is 7.19. The quantitative estimate of drug-likeness (QED) is 0.572. The van der Waals surface area contributed by atoms with Crippen LogP contribution in [-0.4, -0.2) is 9.97 Å². The van der Waals surface area contributed by atoms with Gasteiger partial charge >= 0.3 is 0 Å². The molecule has 4 rings (SSSR count). The van der Waals surface area contributed by atoms with Crippen molar-refractivity contribution in [2.24, 2.45) is 0 Å². The lowest BCUT2D eigenvalue weighted by atomic mass is 10.2. The first-order valence-corrected chi connectivity index (χ1v) is 8.77. The molecule has 7 heteroatoms. The van der Waals surface area contributed by atoms with E-state index in [9.17, 15) is 0 Å². The summed E-state index contributed by atoms with van der Waals surface area (Å²) in [4.78, 5) is 11.0. The Morgan fingerprint density at radius 1 is 1.09 bits per heavy atom. The van der Waals surface area contributed by atoms with Crippen molar-refractivity contribution in [2.45, 2.75) is 19.3 Å². The molecule has 1 N–H and O–H groups in total. The van der Waals surface area contributed by atoms with E-state index in [-0.39, 0.29) is 5.28 Å². The van der Waals surface area contributed by atoms with Gasteiger partial charge in [-0.1, -0.05) is 29.3 Å². The summed E-state index contributed by atoms with van der Waals surface area (Å²) in [6.45, 7) is 0. The van der Waals surface area contributed by atoms with E-state index in [0.717, 1.165) is 23.1 Å². The van der Waals surface area contributed by atoms with Gasteiger partial charge in [0.05, 0.1) is 21.1 Å². The Kier molecular flexibility index (Phi) is 3.65. The van der Waals surface area contributed by atoms with Crippen LogP contribution in [0.5, 0.6) is 0 Å². The van der Waals surface area contributed by atoms with Crippen LogP contribution in [0.4, 0.5) is 11.5 Å². The summed E-state index contributed by atoms with van der Waals surface area (Å²) in [6, 6.07) is 5.46. The summed E-state index contributed by atoms with van der Waals surface area (Å²) in [5, 5.41) is 5.52. The molecule has 0 saturated carbocycles. The Morgan fingerprint density at radius 2 is 1.95 bits per heavy atom. The second kappa shape index (κ2) is 5.53. The largest absolute Gasteiger partial charge is 0.338 e. The Morgan fingerprint density at radius 3 is 2.82 bits per heavy atom. The highest BCUT2D eigenvalue weighted by atomic mass is 35.5. The predicted molar refractivity (Wildman–Crippen MR) is 94.2 cm³/mol. The molecule has 0 unspecified atom stereocenters. The van der Waals surface area contributed by atoms with Crippen molar-refractivity contribution < 1.29 is 0 Å². The van der Waals surface area contributed by atoms with E-state index in [2.05, 4.69) is 15.3 Å². The monoisotopic (exact) mass is 369 g/mol. The molecule has 2 heterocycles. The number of halogens is 3. The molecule has 1 aromatic carbocycles. The molecular formula is C15H10Cl3N3S. The molecule has 0 amide bonds. The first-order chi connectivity index (χ1) is 10.6. The predicted octanol–water partition coefficient (Wildman–Crippen LogP) is 5.88. The average Bonchev–Trinajstić information content (AvgIpc) is 3.03. The van der Waals surface area contributed by atoms with Gasteiger partial charge in [0.1, 0.15) is 10.6 Å². The first-order valence-electron chi connectivity index (χ1n) is 6.82. The van der Waals surface area contributed by atoms with Crippen molar-refractivity contribution >= 4 is 67.9 Å². The molecule has 0 spiro atoms. The van der Waals surface area contributed by atoms with Gasteiger partial charge in [-0.05, 0) is 48.6 Å². The molecule has 1 aliphatic rings. The van der Waals surface area contributed by atoms with E-state index < -0.39 is 0 Å². The number of aryl methyl sites for hydroxylation is 2. The summed E-state index contributed by atoms with van der Waals surface area (Å²) in [7, 11) is 0. The minimum absolute atomic E-state index is 0.230. The second-order valence-corrected chi connectivity index (χ2v) is 7.31. The summed E-state index contributed by atoms with van der Waals surface area (Å²) in [6.07, 6.45) is 3.33. The number of fused-ring (bicyclic) bond motifs is 3. The minimum atomic E-state index is 0.230. The molecule has 3 nitrogen and oxygen atoms in total. The standard InChI is InChI=1S/C15H10Cl3N3S/c16-8-4-2-5-9(12(8)17)19-13-11-7-3-1-6-10(7)22-14(11)21-15(18)20-13/h2,4-5H,1,3,6H2,(H,19,20,21). The second-order valence-electron chi connectivity index (χ2n) is 5.11. The fraction of sp³-hybridized carbons (Fsp3) is 0.200. The van der Waals surface area contributed by atoms with Crippen molar-refractivity contribution in [3.05, 3.63) is 44.0 Å². The Hall–Kier alpha value is -1.07. The van der Waals surface area contributed by atoms with Crippen molar-refractivity contribution in [3.63, 3.8) is 0 Å². The number of rotatable bonds is 2. The Balaban J connectivity index is 1.89. The van der Waals surface area contributed by atoms with Gasteiger partial charge in [0, 0.05) is 4.88 Å². The van der Waals surface area contributed by atoms with Crippen LogP contribution in [0.25, 0.3) is 10.2 Å². The number of benzene rings is 1. The lowest BCUT2D eigenvalue weighted by molar-refractivity contribution is 0.917. The maximum atomic E-state index is 6.26. The lowest BCUT2D eigenvalue weighted by Gasteiger charge is -2.10. The van der Waals surface area contributed by atoms with Crippen LogP contribution in [0.15, 0.2) is 18.2 Å². The van der Waals surface area contributed by atoms with Gasteiger partial charge in [-0.3, -0.25) is 0 Å². The van der Waals surface area contributed by atoms with Crippen LogP contribution in [-0.2, 0) is 12.8 Å². The van der Waals surface area contributed by atoms with Gasteiger partial charge in [-0.25, -0.2) is 4.98 Å². The molecule has 3 aromatic rings. The normalized spacial score (nSPS) is 13.6. The van der Waals surface area contributed by atoms with Gasteiger partial charge in [0.2, 0.25) is 5.28 Å². The highest BCUT2D eigenvalue weighted by Crippen LogP contribution is 2.41. The zero-order valence-electron chi connectivity index (χ0n) is 11.3. The minimum Gasteiger partial charge on any atom is -0.338 e. The van der Waals surface area contributed by atoms with E-state index in [0.29, 0.717) is 21.6 Å². The maximum Gasteiger partial charge on any atom is 0.225 e. The van der Waals surface area contributed by atoms with E-state index in [1.807, 2.05) is 12.1 Å². The summed E-state index contributed by atoms with van der Waals surface area (Å²) >= 11 is 20.1. The molecule has 0 saturated heterocycles. The average molecular weight is 371 g/mol. The van der Waals surface area contributed by atoms with Crippen LogP contribution in [0, 0.1) is 0 Å². The van der Waals surface area contributed by atoms with Crippen LogP contribution in [0.2, 0.25) is 15.3 Å². The van der Waals surface area contributed by atoms with Crippen LogP contribution < -0.4 is 5.32 Å². The number of hydrogen-bond acceptors (Lipinski definition) is 4. The third-order valence-electron chi connectivity index (χ3n) is 3.74. The zero-order chi connectivity index (χ0) is 15.3. The summed E-state index contributed by atoms with van der Waals surface area (Å²) < 4.78 is 0. The van der Waals surface area contributed by atoms with Gasteiger partial charge < -0.3 is 5.32 Å². The van der Waals surface area contributed by atoms with E-state index in [1.54, 1.807) is 17.4 Å². The van der Waals surface area contributed by atoms with Crippen LogP contribution in [0.3, 0.4) is 0 Å². The Bertz CT molecular complexity index is 891. The SMILES string of the molecule is Clc1nc(Nc2cccc(Cl)c2Cl)c2c3c(sc2n1)CCC3. The molecule has 2 aromatic heterocycles. The molecule has 0 radical (unpaired) electrons. The lowest BCUT2D eigenvalue weighted by Crippen LogP contribution is -1.98. The molecule has 0 bridgehead atoms. The van der Waals surface area contributed by atoms with Crippen molar-refractivity contribution in [2.75, 3.05) is 5.32 Å². The zero-order valence-corrected chi connectivity index (χ0v) is 14.4. The van der Waals surface area contributed by atoms with Crippen molar-refractivity contribution in [1.29, 1.82) is 0 Å². The van der Waals surface area contributed by atoms with Gasteiger partial charge in [-0.15, -0.1) is 11.3 Å². The molecule has 0 fully saturated rings. The molecule has 0 atom stereocenters. The smallest absolute Gasteiger partial charge is 0.225 e. The van der Waals surface area contributed by atoms with Crippen molar-refractivity contribution in [3.8, 4) is 0 Å². The van der Waals surface area contributed by atoms with Crippen molar-refractivity contribution in [1.82, 2.24) is 9.97 Å². The molecule has 1 aliphatic carbocycles. The number of nitrogens with one attached hydrogen (secondary N) is 1. The summed E-state index contributed by atoms with van der Waals surface area (Å²) in [5.41, 5.74) is 2.04. The third-order valence-corrected chi connectivity index (χ3v) is 5.92. The number of anilines is 2. The van der Waals surface area contributed by atoms with Crippen LogP contribution in [0.1, 0.15) is 16.9 Å². The molecular weight excluding hydrogens is 361 g/mol. The highest BCUT2D eigenvalue weighted by Gasteiger charge is 2.22. The number of nitrogens with zero attached hydrogens (tertiary/aromatic N) is 2. The van der Waals surface area contributed by atoms with Crippen LogP contribution >= 0.6 is 46.1 Å². The summed E-state index contributed by atoms with van der Waals surface area (Å²) in [5.74, 6) is 0.693. The van der Waals surface area contributed by atoms with E-state index in [1.165, 1.54) is 16.9 Å². The molecule has 112 valence electrons. The Labute approximate surface area is 146 Å². The van der Waals surface area contributed by atoms with Gasteiger partial charge in [0.25, 0.3) is 0 Å². The van der Waals surface area contributed by atoms with E-state index in [4.69, 9.17) is 34.8 Å². The van der Waals surface area contributed by atoms with Gasteiger partial charge in [0.15, 0.2) is 0 Å². The first kappa shape index (κ1) is 14.5. The number of thiophene rings is 1. The molecule has 0 aliphatic heterocycles. The fourth-order valence-corrected chi connectivity index (χ4v) is 4.62. The number of hydrogen-bond donors (Lipinski definition) is 1. The topological polar surface area (TPSA) is 37.8 Å². The van der Waals surface area contributed by atoms with E-state index >= 15 is 0 Å². The maximum absolute atomic E-state index is 6.26. The molecule has 22 heavy (non-hydrogen) atoms. The third kappa shape index (κ3) is 2.35.